The molecule has 3 atom stereocenters. The molecule has 0 bridgehead atoms. The average molecular weight is 1510 g/mol. The average Bonchev–Trinajstić information content (AvgIpc) is 1.75. The number of hydrogen-bond acceptors (Lipinski definition) is 9. The second-order valence-corrected chi connectivity index (χ2v) is 27.8. The van der Waals surface area contributed by atoms with Crippen molar-refractivity contribution in [2.45, 2.75) is 115 Å². The highest BCUT2D eigenvalue weighted by Gasteiger charge is 2.30. The molecule has 15 heteroatoms. The van der Waals surface area contributed by atoms with E-state index in [-0.39, 0.29) is 126 Å². The van der Waals surface area contributed by atoms with Crippen molar-refractivity contribution in [3.8, 4) is 225 Å². The number of hydrogen-bond donors (Lipinski definition) is 3. The van der Waals surface area contributed by atoms with E-state index in [1.165, 1.54) is 36.5 Å². The van der Waals surface area contributed by atoms with Crippen LogP contribution in [-0.4, -0.2) is 107 Å². The summed E-state index contributed by atoms with van der Waals surface area (Å²) in [5.74, 6) is 93.1. The summed E-state index contributed by atoms with van der Waals surface area (Å²) in [6.45, 7) is 23.8. The molecule has 3 aromatic carbocycles. The van der Waals surface area contributed by atoms with Gasteiger partial charge in [0, 0.05) is 212 Å². The molecule has 3 N–H and O–H groups in total. The Morgan fingerprint density at radius 2 is 0.426 bits per heavy atom. The van der Waals surface area contributed by atoms with Crippen molar-refractivity contribution in [1.29, 1.82) is 0 Å². The van der Waals surface area contributed by atoms with Crippen LogP contribution in [-0.2, 0) is 62.4 Å². The van der Waals surface area contributed by atoms with Crippen molar-refractivity contribution in [2.24, 2.45) is 34.0 Å². The molecule has 0 spiro atoms. The normalized spacial score (nSPS) is 11.5. The van der Waals surface area contributed by atoms with Crippen molar-refractivity contribution < 1.29 is 43.2 Å². The molecule has 0 fully saturated rings. The second kappa shape index (κ2) is 54.9. The molecule has 15 nitrogen and oxygen atoms in total. The van der Waals surface area contributed by atoms with Gasteiger partial charge < -0.3 is 16.0 Å². The van der Waals surface area contributed by atoms with Crippen LogP contribution in [0, 0.1) is 259 Å². The zero-order chi connectivity index (χ0) is 84.2. The molecule has 115 heavy (non-hydrogen) atoms. The van der Waals surface area contributed by atoms with Gasteiger partial charge in [-0.15, -0.1) is 0 Å². The van der Waals surface area contributed by atoms with Gasteiger partial charge in [-0.25, -0.2) is 0 Å². The monoisotopic (exact) mass is 1510 g/mol. The fourth-order valence-corrected chi connectivity index (χ4v) is 10.1. The molecule has 0 aromatic heterocycles. The van der Waals surface area contributed by atoms with Crippen LogP contribution < -0.4 is 16.0 Å². The number of nitrogens with zero attached hydrogens (tertiary/aromatic N) is 3. The Labute approximate surface area is 680 Å². The number of nitrogens with one attached hydrogen (secondary N) is 3. The Bertz CT molecular complexity index is 5010. The lowest BCUT2D eigenvalue weighted by molar-refractivity contribution is -0.138. The van der Waals surface area contributed by atoms with Crippen molar-refractivity contribution in [1.82, 2.24) is 30.7 Å². The predicted molar refractivity (Wildman–Crippen MR) is 449 cm³/mol. The van der Waals surface area contributed by atoms with E-state index in [0.717, 1.165) is 50.7 Å². The van der Waals surface area contributed by atoms with Crippen LogP contribution in [0.2, 0.25) is 0 Å². The first-order valence-electron chi connectivity index (χ1n) is 36.1. The fraction of sp³-hybridized carbons (Fsp3) is 0.290. The SMILES string of the molecule is CC#CC#CC#CC#CC#CC#CC#CC#CC#CC#CC#CC#CC#CC#CC#CC#CC#CC#CC#CC.CC(C)(C)CC(Cc1ccccc1)C(=O)NCCN1C(=O)C=CC1=O.CC(C)(C)C[C@@H](Cc1ccccc1)C(=O)NCCN1C(=O)C=CC1=O.CC(C)(C)C[C@H](Cc1ccccc1)C(=O)NCCN1C(=O)C=CC1=O. The molecule has 0 saturated heterocycles. The van der Waals surface area contributed by atoms with E-state index < -0.39 is 0 Å². The number of amides is 9. The highest BCUT2D eigenvalue weighted by atomic mass is 16.2. The Hall–Kier alpha value is -15.7. The highest BCUT2D eigenvalue weighted by Crippen LogP contribution is 2.30. The highest BCUT2D eigenvalue weighted by molar-refractivity contribution is 6.14. The largest absolute Gasteiger partial charge is 0.354 e. The number of imide groups is 3. The van der Waals surface area contributed by atoms with E-state index in [1.807, 2.05) is 91.0 Å². The molecule has 0 saturated carbocycles. The third-order valence-electron chi connectivity index (χ3n) is 14.7. The van der Waals surface area contributed by atoms with Crippen LogP contribution in [0.5, 0.6) is 0 Å². The Morgan fingerprint density at radius 1 is 0.270 bits per heavy atom. The van der Waals surface area contributed by atoms with E-state index in [2.05, 4.69) is 303 Å². The Kier molecular flexibility index (Phi) is 44.6. The Balaban J connectivity index is 0.000000406. The summed E-state index contributed by atoms with van der Waals surface area (Å²) in [6, 6.07) is 29.8. The van der Waals surface area contributed by atoms with Crippen LogP contribution in [0.15, 0.2) is 127 Å². The van der Waals surface area contributed by atoms with Gasteiger partial charge in [-0.3, -0.25) is 57.9 Å². The molecule has 0 radical (unpaired) electrons. The summed E-state index contributed by atoms with van der Waals surface area (Å²) in [7, 11) is 0. The molecular weight excluding hydrogens is 1430 g/mol. The van der Waals surface area contributed by atoms with Gasteiger partial charge in [0.2, 0.25) is 17.7 Å². The topological polar surface area (TPSA) is 199 Å². The summed E-state index contributed by atoms with van der Waals surface area (Å²) in [6.07, 6.45) is 11.8. The zero-order valence-corrected chi connectivity index (χ0v) is 66.4. The van der Waals surface area contributed by atoms with Gasteiger partial charge in [-0.05, 0) is 180 Å². The molecule has 3 heterocycles. The molecule has 1 unspecified atom stereocenters. The summed E-state index contributed by atoms with van der Waals surface area (Å²) in [5, 5.41) is 8.64. The first kappa shape index (κ1) is 93.6. The standard InChI is InChI=1S/C40H6.3C20H26N2O3/c1-3-5-7-9-11-13-15-17-19-21-23-25-27-29-31-33-35-37-39-40-38-36-34-32-30-28-26-24-22-20-18-16-14-12-10-8-6-4-2;3*1-20(2,3)14-16(13-15-7-5-4-6-8-15)19(25)21-11-12-22-17(23)9-10-18(22)24/h1-2H3;3*4-10,16H,11-14H2,1-3H3,(H,21,25)/t;2*16-;/m.10./s1. The van der Waals surface area contributed by atoms with Gasteiger partial charge >= 0.3 is 0 Å². The van der Waals surface area contributed by atoms with Gasteiger partial charge in [0.15, 0.2) is 0 Å². The fourth-order valence-electron chi connectivity index (χ4n) is 10.1. The minimum atomic E-state index is -0.324. The Morgan fingerprint density at radius 3 is 0.574 bits per heavy atom. The van der Waals surface area contributed by atoms with Crippen LogP contribution in [0.3, 0.4) is 0 Å². The molecule has 3 aliphatic rings. The van der Waals surface area contributed by atoms with Gasteiger partial charge in [0.05, 0.1) is 0 Å². The van der Waals surface area contributed by atoms with Crippen LogP contribution in [0.1, 0.15) is 112 Å². The van der Waals surface area contributed by atoms with E-state index in [4.69, 9.17) is 0 Å². The number of benzene rings is 3. The molecule has 0 aliphatic carbocycles. The van der Waals surface area contributed by atoms with E-state index in [1.54, 1.807) is 13.8 Å². The van der Waals surface area contributed by atoms with Crippen LogP contribution in [0.25, 0.3) is 0 Å². The van der Waals surface area contributed by atoms with Crippen molar-refractivity contribution >= 4 is 53.2 Å². The van der Waals surface area contributed by atoms with Gasteiger partial charge in [-0.1, -0.05) is 165 Å². The quantitative estimate of drug-likeness (QED) is 0.0698. The van der Waals surface area contributed by atoms with Gasteiger partial charge in [-0.2, -0.15) is 0 Å². The first-order valence-corrected chi connectivity index (χ1v) is 36.1. The maximum absolute atomic E-state index is 12.6. The number of rotatable bonds is 21. The third kappa shape index (κ3) is 45.7. The van der Waals surface area contributed by atoms with Gasteiger partial charge in [0.1, 0.15) is 0 Å². The molecular formula is C100H84N6O9. The minimum Gasteiger partial charge on any atom is -0.354 e. The smallest absolute Gasteiger partial charge is 0.253 e. The van der Waals surface area contributed by atoms with Crippen molar-refractivity contribution in [3.05, 3.63) is 144 Å². The zero-order valence-electron chi connectivity index (χ0n) is 66.4. The summed E-state index contributed by atoms with van der Waals surface area (Å²) in [4.78, 5) is 111. The van der Waals surface area contributed by atoms with Crippen LogP contribution in [0.4, 0.5) is 0 Å². The lowest BCUT2D eigenvalue weighted by Crippen LogP contribution is -2.41. The van der Waals surface area contributed by atoms with Crippen molar-refractivity contribution in [3.63, 3.8) is 0 Å². The lowest BCUT2D eigenvalue weighted by atomic mass is 9.81. The maximum atomic E-state index is 12.6. The van der Waals surface area contributed by atoms with Crippen LogP contribution >= 0.6 is 0 Å². The predicted octanol–water partition coefficient (Wildman–Crippen LogP) is 8.06. The summed E-state index contributed by atoms with van der Waals surface area (Å²) >= 11 is 0. The summed E-state index contributed by atoms with van der Waals surface area (Å²) < 4.78 is 0. The minimum absolute atomic E-state index is 0.0294. The van der Waals surface area contributed by atoms with E-state index in [9.17, 15) is 43.2 Å². The maximum Gasteiger partial charge on any atom is 0.253 e. The second-order valence-electron chi connectivity index (χ2n) is 27.8. The number of carbonyl (C=O) groups excluding carboxylic acids is 9. The van der Waals surface area contributed by atoms with E-state index in [0.29, 0.717) is 19.3 Å². The lowest BCUT2D eigenvalue weighted by Gasteiger charge is -2.26. The van der Waals surface area contributed by atoms with Gasteiger partial charge in [0.25, 0.3) is 35.4 Å². The summed E-state index contributed by atoms with van der Waals surface area (Å²) in [5.41, 5.74) is 3.47. The molecule has 6 rings (SSSR count). The molecule has 568 valence electrons. The molecule has 3 aromatic rings. The molecule has 3 aliphatic heterocycles. The first-order chi connectivity index (χ1) is 55.2. The number of carbonyl (C=O) groups is 9. The molecule has 9 amide bonds. The van der Waals surface area contributed by atoms with E-state index >= 15 is 0 Å². The third-order valence-corrected chi connectivity index (χ3v) is 14.7. The van der Waals surface area contributed by atoms with Crippen molar-refractivity contribution in [2.75, 3.05) is 39.3 Å².